The standard InChI is InChI=1S/C32H29N5O7/c38-28(18-37-16-14-27(35-31(37)42)34-30(41)21-8-2-1-3-9-21)36(19-29(39)40)17-15-33-32(43)44-20-26-24-12-6-4-10-22(24)23-11-5-7-13-25(23)26/h1-14,16,26H,15,17-20H2,(H,33,43)(H,39,40)(H,34,35,41,42). The van der Waals surface area contributed by atoms with Crippen molar-refractivity contribution in [2.24, 2.45) is 0 Å². The van der Waals surface area contributed by atoms with E-state index in [-0.39, 0.29) is 31.4 Å². The van der Waals surface area contributed by atoms with Crippen LogP contribution in [-0.2, 0) is 20.9 Å². The number of anilines is 1. The smallest absolute Gasteiger partial charge is 0.407 e. The molecule has 3 amide bonds. The molecular formula is C32H29N5O7. The lowest BCUT2D eigenvalue weighted by Crippen LogP contribution is -2.44. The average Bonchev–Trinajstić information content (AvgIpc) is 3.34. The van der Waals surface area contributed by atoms with Crippen LogP contribution in [-0.4, -0.2) is 69.7 Å². The lowest BCUT2D eigenvalue weighted by molar-refractivity contribution is -0.144. The first-order valence-corrected chi connectivity index (χ1v) is 13.8. The van der Waals surface area contributed by atoms with E-state index in [9.17, 15) is 29.1 Å². The Kier molecular flexibility index (Phi) is 9.09. The van der Waals surface area contributed by atoms with Crippen molar-refractivity contribution in [2.75, 3.05) is 31.6 Å². The number of alkyl carbamates (subject to hydrolysis) is 1. The van der Waals surface area contributed by atoms with Crippen molar-refractivity contribution in [3.05, 3.63) is 118 Å². The fourth-order valence-electron chi connectivity index (χ4n) is 5.04. The van der Waals surface area contributed by atoms with E-state index in [2.05, 4.69) is 15.6 Å². The molecule has 3 N–H and O–H groups in total. The van der Waals surface area contributed by atoms with Gasteiger partial charge in [-0.25, -0.2) is 9.59 Å². The zero-order valence-electron chi connectivity index (χ0n) is 23.5. The molecule has 0 radical (unpaired) electrons. The first kappa shape index (κ1) is 29.7. The molecule has 0 fully saturated rings. The molecule has 1 aliphatic rings. The second-order valence-electron chi connectivity index (χ2n) is 10.0. The summed E-state index contributed by atoms with van der Waals surface area (Å²) >= 11 is 0. The van der Waals surface area contributed by atoms with Gasteiger partial charge in [-0.2, -0.15) is 4.98 Å². The fraction of sp³-hybridized carbons (Fsp3) is 0.188. The summed E-state index contributed by atoms with van der Waals surface area (Å²) in [6, 6.07) is 25.6. The van der Waals surface area contributed by atoms with Crippen LogP contribution >= 0.6 is 0 Å². The molecule has 1 aromatic heterocycles. The fourth-order valence-corrected chi connectivity index (χ4v) is 5.04. The van der Waals surface area contributed by atoms with Gasteiger partial charge in [-0.1, -0.05) is 66.7 Å². The van der Waals surface area contributed by atoms with Crippen molar-refractivity contribution in [3.8, 4) is 11.1 Å². The number of aromatic nitrogens is 2. The second kappa shape index (κ2) is 13.5. The molecule has 0 bridgehead atoms. The Morgan fingerprint density at radius 1 is 0.886 bits per heavy atom. The average molecular weight is 596 g/mol. The van der Waals surface area contributed by atoms with Crippen LogP contribution < -0.4 is 16.3 Å². The summed E-state index contributed by atoms with van der Waals surface area (Å²) in [4.78, 5) is 66.5. The van der Waals surface area contributed by atoms with Crippen molar-refractivity contribution in [2.45, 2.75) is 12.5 Å². The zero-order valence-corrected chi connectivity index (χ0v) is 23.5. The summed E-state index contributed by atoms with van der Waals surface area (Å²) in [7, 11) is 0. The van der Waals surface area contributed by atoms with Crippen LogP contribution in [0.3, 0.4) is 0 Å². The number of aliphatic carboxylic acids is 1. The number of nitrogens with zero attached hydrogens (tertiary/aromatic N) is 3. The number of nitrogens with one attached hydrogen (secondary N) is 2. The van der Waals surface area contributed by atoms with Crippen molar-refractivity contribution in [1.82, 2.24) is 19.8 Å². The van der Waals surface area contributed by atoms with Crippen molar-refractivity contribution in [1.29, 1.82) is 0 Å². The molecule has 0 saturated heterocycles. The molecule has 0 atom stereocenters. The summed E-state index contributed by atoms with van der Waals surface area (Å²) in [5, 5.41) is 14.4. The molecule has 0 spiro atoms. The Hall–Kier alpha value is -5.78. The van der Waals surface area contributed by atoms with Gasteiger partial charge in [-0.3, -0.25) is 19.0 Å². The zero-order chi connectivity index (χ0) is 31.1. The van der Waals surface area contributed by atoms with Gasteiger partial charge in [0.05, 0.1) is 0 Å². The number of carbonyl (C=O) groups is 4. The van der Waals surface area contributed by atoms with Gasteiger partial charge in [0.1, 0.15) is 25.5 Å². The largest absolute Gasteiger partial charge is 0.480 e. The van der Waals surface area contributed by atoms with Crippen molar-refractivity contribution < 1.29 is 29.0 Å². The number of fused-ring (bicyclic) bond motifs is 3. The molecule has 1 heterocycles. The van der Waals surface area contributed by atoms with E-state index >= 15 is 0 Å². The second-order valence-corrected chi connectivity index (χ2v) is 10.0. The molecule has 44 heavy (non-hydrogen) atoms. The molecule has 12 heteroatoms. The number of hydrogen-bond acceptors (Lipinski definition) is 7. The van der Waals surface area contributed by atoms with E-state index < -0.39 is 42.7 Å². The Morgan fingerprint density at radius 2 is 1.52 bits per heavy atom. The number of carboxylic acid groups (broad SMARTS) is 1. The molecule has 0 saturated carbocycles. The Bertz CT molecular complexity index is 1710. The van der Waals surface area contributed by atoms with Gasteiger partial charge in [0, 0.05) is 30.8 Å². The molecular weight excluding hydrogens is 566 g/mol. The molecule has 0 aliphatic heterocycles. The molecule has 3 aromatic carbocycles. The van der Waals surface area contributed by atoms with Crippen LogP contribution in [0.1, 0.15) is 27.4 Å². The Morgan fingerprint density at radius 3 is 2.16 bits per heavy atom. The summed E-state index contributed by atoms with van der Waals surface area (Å²) < 4.78 is 6.48. The van der Waals surface area contributed by atoms with Gasteiger partial charge in [-0.15, -0.1) is 0 Å². The quantitative estimate of drug-likeness (QED) is 0.239. The number of amides is 3. The number of hydrogen-bond donors (Lipinski definition) is 3. The molecule has 4 aromatic rings. The first-order chi connectivity index (χ1) is 21.3. The van der Waals surface area contributed by atoms with Gasteiger partial charge in [-0.05, 0) is 40.5 Å². The van der Waals surface area contributed by atoms with E-state index in [0.29, 0.717) is 5.56 Å². The van der Waals surface area contributed by atoms with E-state index in [1.54, 1.807) is 30.3 Å². The highest BCUT2D eigenvalue weighted by atomic mass is 16.5. The lowest BCUT2D eigenvalue weighted by atomic mass is 9.98. The maximum Gasteiger partial charge on any atom is 0.407 e. The van der Waals surface area contributed by atoms with Gasteiger partial charge in [0.15, 0.2) is 0 Å². The number of ether oxygens (including phenoxy) is 1. The van der Waals surface area contributed by atoms with Crippen LogP contribution in [0.25, 0.3) is 11.1 Å². The number of carbonyl (C=O) groups excluding carboxylic acids is 3. The summed E-state index contributed by atoms with van der Waals surface area (Å²) in [6.07, 6.45) is 0.574. The summed E-state index contributed by atoms with van der Waals surface area (Å²) in [6.45, 7) is -1.24. The van der Waals surface area contributed by atoms with Crippen LogP contribution in [0.2, 0.25) is 0 Å². The van der Waals surface area contributed by atoms with Crippen LogP contribution in [0.15, 0.2) is 95.9 Å². The third-order valence-electron chi connectivity index (χ3n) is 7.13. The number of rotatable bonds is 11. The highest BCUT2D eigenvalue weighted by Crippen LogP contribution is 2.44. The monoisotopic (exact) mass is 595 g/mol. The SMILES string of the molecule is O=C(O)CN(CCNC(=O)OCC1c2ccccc2-c2ccccc21)C(=O)Cn1ccc(NC(=O)c2ccccc2)nc1=O. The summed E-state index contributed by atoms with van der Waals surface area (Å²) in [5.41, 5.74) is 3.90. The molecule has 224 valence electrons. The van der Waals surface area contributed by atoms with Gasteiger partial charge >= 0.3 is 17.8 Å². The minimum Gasteiger partial charge on any atom is -0.480 e. The van der Waals surface area contributed by atoms with Crippen molar-refractivity contribution in [3.63, 3.8) is 0 Å². The molecule has 1 aliphatic carbocycles. The van der Waals surface area contributed by atoms with Crippen molar-refractivity contribution >= 4 is 29.7 Å². The van der Waals surface area contributed by atoms with E-state index in [1.165, 1.54) is 12.3 Å². The minimum atomic E-state index is -1.26. The predicted octanol–water partition coefficient (Wildman–Crippen LogP) is 2.95. The minimum absolute atomic E-state index is 0.00207. The Labute approximate surface area is 251 Å². The molecule has 12 nitrogen and oxygen atoms in total. The summed E-state index contributed by atoms with van der Waals surface area (Å²) in [5.74, 6) is -2.51. The van der Waals surface area contributed by atoms with Crippen LogP contribution in [0.4, 0.5) is 10.6 Å². The molecule has 0 unspecified atom stereocenters. The molecule has 5 rings (SSSR count). The predicted molar refractivity (Wildman–Crippen MR) is 160 cm³/mol. The maximum absolute atomic E-state index is 12.9. The van der Waals surface area contributed by atoms with Gasteiger partial charge < -0.3 is 25.4 Å². The van der Waals surface area contributed by atoms with Crippen LogP contribution in [0, 0.1) is 0 Å². The number of carboxylic acids is 1. The van der Waals surface area contributed by atoms with E-state index in [4.69, 9.17) is 4.74 Å². The van der Waals surface area contributed by atoms with E-state index in [0.717, 1.165) is 31.7 Å². The van der Waals surface area contributed by atoms with Crippen LogP contribution in [0.5, 0.6) is 0 Å². The maximum atomic E-state index is 12.9. The highest BCUT2D eigenvalue weighted by Gasteiger charge is 2.29. The Balaban J connectivity index is 1.14. The van der Waals surface area contributed by atoms with Gasteiger partial charge in [0.25, 0.3) is 5.91 Å². The normalized spacial score (nSPS) is 11.6. The highest BCUT2D eigenvalue weighted by molar-refractivity contribution is 6.03. The lowest BCUT2D eigenvalue weighted by Gasteiger charge is -2.21. The number of benzene rings is 3. The van der Waals surface area contributed by atoms with E-state index in [1.807, 2.05) is 48.5 Å². The third-order valence-corrected chi connectivity index (χ3v) is 7.13. The van der Waals surface area contributed by atoms with Gasteiger partial charge in [0.2, 0.25) is 5.91 Å². The third kappa shape index (κ3) is 6.98. The topological polar surface area (TPSA) is 160 Å². The first-order valence-electron chi connectivity index (χ1n) is 13.8.